The van der Waals surface area contributed by atoms with Gasteiger partial charge in [-0.15, -0.1) is 0 Å². The van der Waals surface area contributed by atoms with Gasteiger partial charge in [0.2, 0.25) is 5.88 Å². The van der Waals surface area contributed by atoms with Crippen LogP contribution in [0, 0.1) is 5.92 Å². The van der Waals surface area contributed by atoms with E-state index in [0.717, 1.165) is 24.5 Å². The summed E-state index contributed by atoms with van der Waals surface area (Å²) in [4.78, 5) is 9.11. The fourth-order valence-corrected chi connectivity index (χ4v) is 2.49. The van der Waals surface area contributed by atoms with E-state index in [9.17, 15) is 0 Å². The molecule has 0 saturated heterocycles. The van der Waals surface area contributed by atoms with Gasteiger partial charge in [-0.2, -0.15) is 4.98 Å². The van der Waals surface area contributed by atoms with Crippen LogP contribution in [-0.4, -0.2) is 22.6 Å². The van der Waals surface area contributed by atoms with Gasteiger partial charge in [-0.1, -0.05) is 33.6 Å². The van der Waals surface area contributed by atoms with Crippen LogP contribution >= 0.6 is 0 Å². The van der Waals surface area contributed by atoms with Gasteiger partial charge in [0.05, 0.1) is 6.61 Å². The SMILES string of the molecule is CCCc1nc(NC2CCCC2)cc(OCC(C)C)n1. The summed E-state index contributed by atoms with van der Waals surface area (Å²) in [5.41, 5.74) is 0. The first-order chi connectivity index (χ1) is 9.67. The second kappa shape index (κ2) is 7.46. The third-order valence-corrected chi connectivity index (χ3v) is 3.49. The molecular weight excluding hydrogens is 250 g/mol. The monoisotopic (exact) mass is 277 g/mol. The minimum absolute atomic E-state index is 0.505. The molecule has 1 aliphatic carbocycles. The number of hydrogen-bond acceptors (Lipinski definition) is 4. The van der Waals surface area contributed by atoms with E-state index < -0.39 is 0 Å². The lowest BCUT2D eigenvalue weighted by molar-refractivity contribution is 0.260. The molecule has 1 aromatic heterocycles. The lowest BCUT2D eigenvalue weighted by Gasteiger charge is -2.15. The Hall–Kier alpha value is -1.32. The highest BCUT2D eigenvalue weighted by molar-refractivity contribution is 5.39. The number of aromatic nitrogens is 2. The average molecular weight is 277 g/mol. The Bertz CT molecular complexity index is 414. The van der Waals surface area contributed by atoms with Crippen LogP contribution < -0.4 is 10.1 Å². The zero-order valence-corrected chi connectivity index (χ0v) is 13.0. The molecule has 0 unspecified atom stereocenters. The molecule has 0 aromatic carbocycles. The second-order valence-corrected chi connectivity index (χ2v) is 6.09. The van der Waals surface area contributed by atoms with Crippen LogP contribution in [0.15, 0.2) is 6.07 Å². The standard InChI is InChI=1S/C16H27N3O/c1-4-7-14-18-15(17-13-8-5-6-9-13)10-16(19-14)20-11-12(2)3/h10,12-13H,4-9,11H2,1-3H3,(H,17,18,19). The minimum Gasteiger partial charge on any atom is -0.477 e. The van der Waals surface area contributed by atoms with E-state index in [2.05, 4.69) is 36.1 Å². The van der Waals surface area contributed by atoms with Gasteiger partial charge in [0.15, 0.2) is 0 Å². The normalized spacial score (nSPS) is 15.8. The van der Waals surface area contributed by atoms with Gasteiger partial charge in [0.25, 0.3) is 0 Å². The lowest BCUT2D eigenvalue weighted by Crippen LogP contribution is -2.17. The van der Waals surface area contributed by atoms with Crippen LogP contribution in [0.25, 0.3) is 0 Å². The molecule has 0 atom stereocenters. The van der Waals surface area contributed by atoms with Crippen molar-refractivity contribution in [1.82, 2.24) is 9.97 Å². The van der Waals surface area contributed by atoms with E-state index in [-0.39, 0.29) is 0 Å². The van der Waals surface area contributed by atoms with E-state index in [1.165, 1.54) is 25.7 Å². The second-order valence-electron chi connectivity index (χ2n) is 6.09. The van der Waals surface area contributed by atoms with Gasteiger partial charge in [-0.3, -0.25) is 0 Å². The molecule has 0 radical (unpaired) electrons. The van der Waals surface area contributed by atoms with Gasteiger partial charge >= 0.3 is 0 Å². The Balaban J connectivity index is 2.07. The Morgan fingerprint density at radius 1 is 1.30 bits per heavy atom. The van der Waals surface area contributed by atoms with Crippen LogP contribution in [-0.2, 0) is 6.42 Å². The highest BCUT2D eigenvalue weighted by atomic mass is 16.5. The summed E-state index contributed by atoms with van der Waals surface area (Å²) in [6, 6.07) is 2.51. The number of aryl methyl sites for hydroxylation is 1. The van der Waals surface area contributed by atoms with Crippen LogP contribution in [0.3, 0.4) is 0 Å². The molecule has 0 amide bonds. The number of anilines is 1. The predicted octanol–water partition coefficient (Wildman–Crippen LogP) is 3.82. The molecule has 1 aromatic rings. The van der Waals surface area contributed by atoms with Crippen molar-refractivity contribution in [3.63, 3.8) is 0 Å². The molecule has 0 aliphatic heterocycles. The van der Waals surface area contributed by atoms with Crippen molar-refractivity contribution < 1.29 is 4.74 Å². The summed E-state index contributed by atoms with van der Waals surface area (Å²) in [6.07, 6.45) is 7.09. The average Bonchev–Trinajstić information content (AvgIpc) is 2.89. The molecule has 112 valence electrons. The van der Waals surface area contributed by atoms with Gasteiger partial charge in [0.1, 0.15) is 11.6 Å². The van der Waals surface area contributed by atoms with Gasteiger partial charge in [-0.25, -0.2) is 4.98 Å². The largest absolute Gasteiger partial charge is 0.477 e. The van der Waals surface area contributed by atoms with Gasteiger partial charge in [-0.05, 0) is 25.2 Å². The van der Waals surface area contributed by atoms with Crippen molar-refractivity contribution in [2.24, 2.45) is 5.92 Å². The van der Waals surface area contributed by atoms with E-state index >= 15 is 0 Å². The molecule has 20 heavy (non-hydrogen) atoms. The Labute approximate surface area is 122 Å². The molecule has 1 fully saturated rings. The maximum atomic E-state index is 5.77. The summed E-state index contributed by atoms with van der Waals surface area (Å²) < 4.78 is 5.77. The Morgan fingerprint density at radius 2 is 2.05 bits per heavy atom. The summed E-state index contributed by atoms with van der Waals surface area (Å²) in [6.45, 7) is 7.14. The molecule has 0 spiro atoms. The molecule has 0 bridgehead atoms. The van der Waals surface area contributed by atoms with E-state index in [4.69, 9.17) is 4.74 Å². The highest BCUT2D eigenvalue weighted by Gasteiger charge is 2.16. The molecule has 4 heteroatoms. The summed E-state index contributed by atoms with van der Waals surface area (Å²) in [5, 5.41) is 3.54. The first-order valence-corrected chi connectivity index (χ1v) is 7.94. The molecule has 1 heterocycles. The molecule has 1 aliphatic rings. The van der Waals surface area contributed by atoms with E-state index in [0.29, 0.717) is 24.4 Å². The van der Waals surface area contributed by atoms with Crippen molar-refractivity contribution in [2.45, 2.75) is 65.3 Å². The molecule has 2 rings (SSSR count). The number of rotatable bonds is 7. The topological polar surface area (TPSA) is 47.0 Å². The number of ether oxygens (including phenoxy) is 1. The zero-order valence-electron chi connectivity index (χ0n) is 13.0. The van der Waals surface area contributed by atoms with Crippen LogP contribution in [0.5, 0.6) is 5.88 Å². The van der Waals surface area contributed by atoms with Gasteiger partial charge < -0.3 is 10.1 Å². The van der Waals surface area contributed by atoms with Crippen molar-refractivity contribution >= 4 is 5.82 Å². The Kier molecular flexibility index (Phi) is 5.62. The van der Waals surface area contributed by atoms with Crippen molar-refractivity contribution in [1.29, 1.82) is 0 Å². The third-order valence-electron chi connectivity index (χ3n) is 3.49. The Morgan fingerprint density at radius 3 is 2.70 bits per heavy atom. The van der Waals surface area contributed by atoms with Crippen LogP contribution in [0.1, 0.15) is 58.7 Å². The number of nitrogens with one attached hydrogen (secondary N) is 1. The molecular formula is C16H27N3O. The minimum atomic E-state index is 0.505. The highest BCUT2D eigenvalue weighted by Crippen LogP contribution is 2.23. The zero-order chi connectivity index (χ0) is 14.4. The maximum Gasteiger partial charge on any atom is 0.218 e. The molecule has 1 N–H and O–H groups in total. The quantitative estimate of drug-likeness (QED) is 0.823. The fraction of sp³-hybridized carbons (Fsp3) is 0.750. The summed E-state index contributed by atoms with van der Waals surface area (Å²) >= 11 is 0. The van der Waals surface area contributed by atoms with Crippen molar-refractivity contribution in [2.75, 3.05) is 11.9 Å². The number of hydrogen-bond donors (Lipinski definition) is 1. The fourth-order valence-electron chi connectivity index (χ4n) is 2.49. The molecule has 4 nitrogen and oxygen atoms in total. The predicted molar refractivity (Wildman–Crippen MR) is 82.2 cm³/mol. The van der Waals surface area contributed by atoms with Crippen LogP contribution in [0.4, 0.5) is 5.82 Å². The lowest BCUT2D eigenvalue weighted by atomic mass is 10.2. The van der Waals surface area contributed by atoms with Gasteiger partial charge in [0, 0.05) is 18.5 Å². The van der Waals surface area contributed by atoms with Crippen molar-refractivity contribution in [3.05, 3.63) is 11.9 Å². The first-order valence-electron chi connectivity index (χ1n) is 7.94. The molecule has 1 saturated carbocycles. The summed E-state index contributed by atoms with van der Waals surface area (Å²) in [7, 11) is 0. The maximum absolute atomic E-state index is 5.77. The van der Waals surface area contributed by atoms with E-state index in [1.54, 1.807) is 0 Å². The third kappa shape index (κ3) is 4.66. The van der Waals surface area contributed by atoms with Crippen molar-refractivity contribution in [3.8, 4) is 5.88 Å². The van der Waals surface area contributed by atoms with Crippen LogP contribution in [0.2, 0.25) is 0 Å². The first kappa shape index (κ1) is 15.1. The number of nitrogens with zero attached hydrogens (tertiary/aromatic N) is 2. The van der Waals surface area contributed by atoms with E-state index in [1.807, 2.05) is 6.07 Å². The smallest absolute Gasteiger partial charge is 0.218 e. The summed E-state index contributed by atoms with van der Waals surface area (Å²) in [5.74, 6) is 3.02.